The van der Waals surface area contributed by atoms with E-state index in [-0.39, 0.29) is 6.61 Å². The fraction of sp³-hybridized carbons (Fsp3) is 0.750. The summed E-state index contributed by atoms with van der Waals surface area (Å²) in [7, 11) is 3.86. The first-order valence-corrected chi connectivity index (χ1v) is 4.38. The Morgan fingerprint density at radius 2 is 1.65 bits per heavy atom. The molecular weight excluding hydrogens is 247 g/mol. The van der Waals surface area contributed by atoms with Gasteiger partial charge in [-0.25, -0.2) is 9.59 Å². The highest BCUT2D eigenvalue weighted by Crippen LogP contribution is 2.13. The average molecular weight is 261 g/mol. The topological polar surface area (TPSA) is 87.1 Å². The van der Waals surface area contributed by atoms with Crippen molar-refractivity contribution in [2.45, 2.75) is 12.6 Å². The van der Waals surface area contributed by atoms with Crippen molar-refractivity contribution >= 4 is 12.1 Å². The van der Waals surface area contributed by atoms with Crippen molar-refractivity contribution in [3.8, 4) is 0 Å². The number of aliphatic carboxylic acids is 1. The van der Waals surface area contributed by atoms with Gasteiger partial charge in [-0.2, -0.15) is 13.2 Å². The normalized spacial score (nSPS) is 10.5. The minimum Gasteiger partial charge on any atom is -0.475 e. The number of alkyl halides is 3. The summed E-state index contributed by atoms with van der Waals surface area (Å²) >= 11 is 0. The summed E-state index contributed by atoms with van der Waals surface area (Å²) < 4.78 is 36.0. The summed E-state index contributed by atoms with van der Waals surface area (Å²) in [5.41, 5.74) is 0. The largest absolute Gasteiger partial charge is 0.505 e. The third kappa shape index (κ3) is 17.1. The van der Waals surface area contributed by atoms with Gasteiger partial charge >= 0.3 is 18.3 Å². The molecule has 0 bridgehead atoms. The molecule has 0 aliphatic rings. The van der Waals surface area contributed by atoms with Crippen LogP contribution in [-0.4, -0.2) is 60.7 Å². The molecule has 0 aliphatic heterocycles. The minimum absolute atomic E-state index is 0.285. The van der Waals surface area contributed by atoms with Crippen LogP contribution >= 0.6 is 0 Å². The van der Waals surface area contributed by atoms with Gasteiger partial charge < -0.3 is 19.8 Å². The standard InChI is InChI=1S/C6H13NO3.C2HF3O2/c1-7(2)4-3-5-10-6(8)9;3-2(4,5)1(6)7/h3-5H2,1-2H3,(H,8,9);(H,6,7). The van der Waals surface area contributed by atoms with E-state index < -0.39 is 18.3 Å². The quantitative estimate of drug-likeness (QED) is 0.585. The Morgan fingerprint density at radius 3 is 1.88 bits per heavy atom. The van der Waals surface area contributed by atoms with E-state index in [9.17, 15) is 18.0 Å². The van der Waals surface area contributed by atoms with Gasteiger partial charge in [-0.1, -0.05) is 0 Å². The maximum atomic E-state index is 10.6. The predicted octanol–water partition coefficient (Wildman–Crippen LogP) is 1.27. The van der Waals surface area contributed by atoms with E-state index in [1.165, 1.54) is 0 Å². The lowest BCUT2D eigenvalue weighted by molar-refractivity contribution is -0.192. The van der Waals surface area contributed by atoms with Gasteiger partial charge in [-0.3, -0.25) is 0 Å². The number of carboxylic acids is 1. The summed E-state index contributed by atoms with van der Waals surface area (Å²) in [6.45, 7) is 1.14. The summed E-state index contributed by atoms with van der Waals surface area (Å²) in [6, 6.07) is 0. The lowest BCUT2D eigenvalue weighted by atomic mass is 10.4. The van der Waals surface area contributed by atoms with Gasteiger partial charge in [0.15, 0.2) is 0 Å². The van der Waals surface area contributed by atoms with Crippen LogP contribution in [0.15, 0.2) is 0 Å². The molecule has 0 amide bonds. The minimum atomic E-state index is -5.08. The van der Waals surface area contributed by atoms with Gasteiger partial charge in [0.2, 0.25) is 0 Å². The average Bonchev–Trinajstić information content (AvgIpc) is 2.11. The van der Waals surface area contributed by atoms with Crippen molar-refractivity contribution in [3.63, 3.8) is 0 Å². The molecule has 0 aromatic carbocycles. The molecule has 6 nitrogen and oxygen atoms in total. The van der Waals surface area contributed by atoms with Crippen LogP contribution in [0.2, 0.25) is 0 Å². The molecule has 0 spiro atoms. The fourth-order valence-electron chi connectivity index (χ4n) is 0.540. The number of carbonyl (C=O) groups is 2. The monoisotopic (exact) mass is 261 g/mol. The van der Waals surface area contributed by atoms with Gasteiger partial charge in [0.05, 0.1) is 6.61 Å². The molecule has 0 aliphatic carbocycles. The third-order valence-electron chi connectivity index (χ3n) is 1.22. The molecule has 17 heavy (non-hydrogen) atoms. The Balaban J connectivity index is 0. The van der Waals surface area contributed by atoms with E-state index >= 15 is 0 Å². The molecule has 0 saturated carbocycles. The molecule has 0 rings (SSSR count). The van der Waals surface area contributed by atoms with Crippen molar-refractivity contribution in [3.05, 3.63) is 0 Å². The summed E-state index contributed by atoms with van der Waals surface area (Å²) in [5.74, 6) is -2.76. The Bertz CT molecular complexity index is 242. The number of ether oxygens (including phenoxy) is 1. The molecule has 0 fully saturated rings. The highest BCUT2D eigenvalue weighted by atomic mass is 19.4. The Labute approximate surface area is 95.6 Å². The highest BCUT2D eigenvalue weighted by Gasteiger charge is 2.38. The number of nitrogens with zero attached hydrogens (tertiary/aromatic N) is 1. The molecule has 0 atom stereocenters. The van der Waals surface area contributed by atoms with E-state index in [1.807, 2.05) is 19.0 Å². The van der Waals surface area contributed by atoms with Crippen molar-refractivity contribution in [1.82, 2.24) is 4.90 Å². The van der Waals surface area contributed by atoms with E-state index in [0.29, 0.717) is 0 Å². The number of rotatable bonds is 4. The van der Waals surface area contributed by atoms with Crippen molar-refractivity contribution < 1.29 is 37.7 Å². The smallest absolute Gasteiger partial charge is 0.475 e. The third-order valence-corrected chi connectivity index (χ3v) is 1.22. The van der Waals surface area contributed by atoms with E-state index in [0.717, 1.165) is 13.0 Å². The van der Waals surface area contributed by atoms with E-state index in [1.54, 1.807) is 0 Å². The number of hydrogen-bond donors (Lipinski definition) is 2. The maximum absolute atomic E-state index is 10.6. The van der Waals surface area contributed by atoms with Crippen molar-refractivity contribution in [1.29, 1.82) is 0 Å². The summed E-state index contributed by atoms with van der Waals surface area (Å²) in [4.78, 5) is 20.7. The zero-order valence-corrected chi connectivity index (χ0v) is 9.32. The zero-order valence-electron chi connectivity index (χ0n) is 9.32. The first-order chi connectivity index (χ1) is 7.57. The molecule has 0 heterocycles. The highest BCUT2D eigenvalue weighted by molar-refractivity contribution is 5.73. The second-order valence-corrected chi connectivity index (χ2v) is 3.07. The second kappa shape index (κ2) is 8.62. The number of carboxylic acid groups (broad SMARTS) is 2. The molecular formula is C8H14F3NO5. The van der Waals surface area contributed by atoms with Gasteiger partial charge in [0.1, 0.15) is 0 Å². The molecule has 102 valence electrons. The molecule has 0 unspecified atom stereocenters. The lowest BCUT2D eigenvalue weighted by Gasteiger charge is -2.07. The zero-order chi connectivity index (χ0) is 14.1. The molecule has 0 aromatic rings. The van der Waals surface area contributed by atoms with Crippen LogP contribution in [0.4, 0.5) is 18.0 Å². The second-order valence-electron chi connectivity index (χ2n) is 3.07. The fourth-order valence-corrected chi connectivity index (χ4v) is 0.540. The van der Waals surface area contributed by atoms with Crippen LogP contribution in [0, 0.1) is 0 Å². The Morgan fingerprint density at radius 1 is 1.24 bits per heavy atom. The van der Waals surface area contributed by atoms with Crippen LogP contribution < -0.4 is 0 Å². The van der Waals surface area contributed by atoms with Gasteiger partial charge in [-0.05, 0) is 20.5 Å². The van der Waals surface area contributed by atoms with Gasteiger partial charge in [0.25, 0.3) is 0 Å². The van der Waals surface area contributed by atoms with Crippen LogP contribution in [0.5, 0.6) is 0 Å². The first-order valence-electron chi connectivity index (χ1n) is 4.38. The van der Waals surface area contributed by atoms with E-state index in [2.05, 4.69) is 4.74 Å². The summed E-state index contributed by atoms with van der Waals surface area (Å²) in [6.07, 6.45) is -5.53. The van der Waals surface area contributed by atoms with Crippen molar-refractivity contribution in [2.75, 3.05) is 27.2 Å². The lowest BCUT2D eigenvalue weighted by Crippen LogP contribution is -2.21. The first kappa shape index (κ1) is 17.9. The van der Waals surface area contributed by atoms with E-state index in [4.69, 9.17) is 15.0 Å². The molecule has 2 N–H and O–H groups in total. The summed E-state index contributed by atoms with van der Waals surface area (Å²) in [5, 5.41) is 15.2. The molecule has 0 aromatic heterocycles. The molecule has 0 saturated heterocycles. The van der Waals surface area contributed by atoms with Crippen LogP contribution in [0.1, 0.15) is 6.42 Å². The predicted molar refractivity (Wildman–Crippen MR) is 50.8 cm³/mol. The van der Waals surface area contributed by atoms with Crippen LogP contribution in [-0.2, 0) is 9.53 Å². The maximum Gasteiger partial charge on any atom is 0.505 e. The SMILES string of the molecule is CN(C)CCCOC(=O)O.O=C(O)C(F)(F)F. The number of halogens is 3. The van der Waals surface area contributed by atoms with Crippen molar-refractivity contribution in [2.24, 2.45) is 0 Å². The van der Waals surface area contributed by atoms with Gasteiger partial charge in [0, 0.05) is 6.54 Å². The molecule has 9 heteroatoms. The van der Waals surface area contributed by atoms with Crippen LogP contribution in [0.3, 0.4) is 0 Å². The Hall–Kier alpha value is -1.51. The van der Waals surface area contributed by atoms with Gasteiger partial charge in [-0.15, -0.1) is 0 Å². The molecule has 0 radical (unpaired) electrons. The number of hydrogen-bond acceptors (Lipinski definition) is 4. The Kier molecular flexibility index (Phi) is 9.06. The van der Waals surface area contributed by atoms with Crippen LogP contribution in [0.25, 0.3) is 0 Å².